The Morgan fingerprint density at radius 2 is 1.89 bits per heavy atom. The molecule has 7 nitrogen and oxygen atoms in total. The second-order valence-electron chi connectivity index (χ2n) is 9.27. The Bertz CT molecular complexity index is 1390. The summed E-state index contributed by atoms with van der Waals surface area (Å²) in [6, 6.07) is 8.94. The van der Waals surface area contributed by atoms with Gasteiger partial charge in [0.1, 0.15) is 23.0 Å². The predicted octanol–water partition coefficient (Wildman–Crippen LogP) is 4.03. The number of nitriles is 1. The van der Waals surface area contributed by atoms with Gasteiger partial charge in [-0.25, -0.2) is 18.7 Å². The monoisotopic (exact) mass is 477 g/mol. The zero-order valence-electron chi connectivity index (χ0n) is 19.6. The molecule has 9 heteroatoms. The molecule has 0 spiro atoms. The third-order valence-corrected chi connectivity index (χ3v) is 6.76. The highest BCUT2D eigenvalue weighted by atomic mass is 19.1. The summed E-state index contributed by atoms with van der Waals surface area (Å²) < 4.78 is 34.5. The van der Waals surface area contributed by atoms with Crippen molar-refractivity contribution in [1.29, 1.82) is 5.26 Å². The van der Waals surface area contributed by atoms with Gasteiger partial charge < -0.3 is 14.2 Å². The summed E-state index contributed by atoms with van der Waals surface area (Å²) in [6.45, 7) is 3.08. The number of aryl methyl sites for hydroxylation is 2. The zero-order valence-corrected chi connectivity index (χ0v) is 19.6. The quantitative estimate of drug-likeness (QED) is 0.552. The van der Waals surface area contributed by atoms with E-state index in [9.17, 15) is 18.8 Å². The first-order valence-electron chi connectivity index (χ1n) is 11.6. The molecule has 1 aliphatic heterocycles. The molecular formula is C26H25F2N5O2. The van der Waals surface area contributed by atoms with Crippen LogP contribution in [0, 0.1) is 29.9 Å². The molecule has 1 saturated heterocycles. The minimum Gasteiger partial charge on any atom is -0.487 e. The number of hydrogen-bond donors (Lipinski definition) is 0. The molecule has 2 aromatic heterocycles. The third-order valence-electron chi connectivity index (χ3n) is 6.76. The van der Waals surface area contributed by atoms with Crippen molar-refractivity contribution in [1.82, 2.24) is 14.5 Å². The van der Waals surface area contributed by atoms with E-state index in [-0.39, 0.29) is 17.4 Å². The lowest BCUT2D eigenvalue weighted by molar-refractivity contribution is 0.163. The summed E-state index contributed by atoms with van der Waals surface area (Å²) >= 11 is 0. The van der Waals surface area contributed by atoms with Crippen molar-refractivity contribution in [3.63, 3.8) is 0 Å². The van der Waals surface area contributed by atoms with E-state index in [0.29, 0.717) is 43.1 Å². The SMILES string of the molecule is Cc1nc(N2CCC(Oc3ccc(F)cc3F)CC2)c(-c2ccc(=O)n(C)c2)nc1C1(C#N)CC1. The van der Waals surface area contributed by atoms with Crippen LogP contribution in [0.15, 0.2) is 41.3 Å². The van der Waals surface area contributed by atoms with Crippen molar-refractivity contribution in [2.45, 2.75) is 44.1 Å². The van der Waals surface area contributed by atoms with Crippen LogP contribution >= 0.6 is 0 Å². The van der Waals surface area contributed by atoms with Crippen LogP contribution in [0.2, 0.25) is 0 Å². The molecule has 0 N–H and O–H groups in total. The van der Waals surface area contributed by atoms with Gasteiger partial charge in [-0.2, -0.15) is 5.26 Å². The molecule has 180 valence electrons. The highest BCUT2D eigenvalue weighted by molar-refractivity contribution is 5.72. The fraction of sp³-hybridized carbons (Fsp3) is 0.385. The minimum atomic E-state index is -0.715. The molecule has 2 fully saturated rings. The summed E-state index contributed by atoms with van der Waals surface area (Å²) in [7, 11) is 1.68. The summed E-state index contributed by atoms with van der Waals surface area (Å²) in [5.74, 6) is -0.627. The van der Waals surface area contributed by atoms with Gasteiger partial charge in [0, 0.05) is 56.9 Å². The zero-order chi connectivity index (χ0) is 24.7. The molecule has 0 bridgehead atoms. The summed E-state index contributed by atoms with van der Waals surface area (Å²) in [6.07, 6.45) is 4.27. The van der Waals surface area contributed by atoms with Gasteiger partial charge in [-0.15, -0.1) is 0 Å². The van der Waals surface area contributed by atoms with Crippen LogP contribution in [0.3, 0.4) is 0 Å². The molecule has 35 heavy (non-hydrogen) atoms. The van der Waals surface area contributed by atoms with Gasteiger partial charge in [0.2, 0.25) is 5.56 Å². The van der Waals surface area contributed by atoms with Crippen LogP contribution in [-0.4, -0.2) is 33.7 Å². The normalized spacial score (nSPS) is 17.2. The van der Waals surface area contributed by atoms with E-state index in [1.807, 2.05) is 6.92 Å². The van der Waals surface area contributed by atoms with E-state index in [1.165, 1.54) is 22.8 Å². The van der Waals surface area contributed by atoms with Crippen molar-refractivity contribution in [3.05, 3.63) is 69.9 Å². The third kappa shape index (κ3) is 4.36. The number of aromatic nitrogens is 3. The maximum Gasteiger partial charge on any atom is 0.250 e. The number of hydrogen-bond acceptors (Lipinski definition) is 6. The number of rotatable bonds is 5. The maximum atomic E-state index is 14.0. The van der Waals surface area contributed by atoms with Crippen LogP contribution < -0.4 is 15.2 Å². The summed E-state index contributed by atoms with van der Waals surface area (Å²) in [5.41, 5.74) is 2.07. The molecule has 0 radical (unpaired) electrons. The molecular weight excluding hydrogens is 452 g/mol. The number of anilines is 1. The van der Waals surface area contributed by atoms with Crippen LogP contribution in [0.25, 0.3) is 11.3 Å². The first kappa shape index (κ1) is 23.0. The van der Waals surface area contributed by atoms with Crippen molar-refractivity contribution < 1.29 is 13.5 Å². The fourth-order valence-corrected chi connectivity index (χ4v) is 4.57. The van der Waals surface area contributed by atoms with E-state index in [2.05, 4.69) is 11.0 Å². The van der Waals surface area contributed by atoms with Crippen LogP contribution in [0.4, 0.5) is 14.6 Å². The molecule has 1 aromatic carbocycles. The summed E-state index contributed by atoms with van der Waals surface area (Å²) in [5, 5.41) is 9.74. The van der Waals surface area contributed by atoms with E-state index in [1.54, 1.807) is 19.3 Å². The van der Waals surface area contributed by atoms with Gasteiger partial charge >= 0.3 is 0 Å². The van der Waals surface area contributed by atoms with Crippen LogP contribution in [0.5, 0.6) is 5.75 Å². The summed E-state index contributed by atoms with van der Waals surface area (Å²) in [4.78, 5) is 23.9. The molecule has 0 atom stereocenters. The average molecular weight is 478 g/mol. The van der Waals surface area contributed by atoms with E-state index in [0.717, 1.165) is 30.2 Å². The lowest BCUT2D eigenvalue weighted by atomic mass is 10.0. The Labute approximate surface area is 201 Å². The average Bonchev–Trinajstić information content (AvgIpc) is 3.64. The van der Waals surface area contributed by atoms with Gasteiger partial charge in [-0.3, -0.25) is 4.79 Å². The van der Waals surface area contributed by atoms with Crippen LogP contribution in [0.1, 0.15) is 37.1 Å². The smallest absolute Gasteiger partial charge is 0.250 e. The Balaban J connectivity index is 1.44. The van der Waals surface area contributed by atoms with Crippen molar-refractivity contribution in [2.24, 2.45) is 7.05 Å². The van der Waals surface area contributed by atoms with Crippen LogP contribution in [-0.2, 0) is 12.5 Å². The Morgan fingerprint density at radius 1 is 1.14 bits per heavy atom. The topological polar surface area (TPSA) is 84.0 Å². The van der Waals surface area contributed by atoms with Gasteiger partial charge in [0.15, 0.2) is 17.4 Å². The van der Waals surface area contributed by atoms with Gasteiger partial charge in [-0.05, 0) is 38.0 Å². The lowest BCUT2D eigenvalue weighted by Gasteiger charge is -2.34. The molecule has 5 rings (SSSR count). The second-order valence-corrected chi connectivity index (χ2v) is 9.27. The fourth-order valence-electron chi connectivity index (χ4n) is 4.57. The first-order valence-corrected chi connectivity index (χ1v) is 11.6. The molecule has 1 aliphatic carbocycles. The van der Waals surface area contributed by atoms with E-state index >= 15 is 0 Å². The lowest BCUT2D eigenvalue weighted by Crippen LogP contribution is -2.39. The number of piperidine rings is 1. The molecule has 0 amide bonds. The number of nitrogens with zero attached hydrogens (tertiary/aromatic N) is 5. The van der Waals surface area contributed by atoms with Crippen molar-refractivity contribution >= 4 is 5.82 Å². The molecule has 3 aromatic rings. The van der Waals surface area contributed by atoms with E-state index in [4.69, 9.17) is 14.7 Å². The highest BCUT2D eigenvalue weighted by Gasteiger charge is 2.48. The number of ether oxygens (including phenoxy) is 1. The molecule has 1 saturated carbocycles. The number of pyridine rings is 1. The standard InChI is InChI=1S/C26H25F2N5O2/c1-16-24(26(15-29)9-10-26)31-23(17-3-6-22(34)32(2)14-17)25(30-16)33-11-7-19(8-12-33)35-21-5-4-18(27)13-20(21)28/h3-6,13-14,19H,7-12H2,1-2H3. The predicted molar refractivity (Wildman–Crippen MR) is 126 cm³/mol. The van der Waals surface area contributed by atoms with Gasteiger partial charge in [0.05, 0.1) is 17.5 Å². The second kappa shape index (κ2) is 8.77. The number of benzene rings is 1. The largest absolute Gasteiger partial charge is 0.487 e. The Morgan fingerprint density at radius 3 is 2.51 bits per heavy atom. The first-order chi connectivity index (χ1) is 16.8. The van der Waals surface area contributed by atoms with E-state index < -0.39 is 17.0 Å². The maximum absolute atomic E-state index is 14.0. The number of halogens is 2. The minimum absolute atomic E-state index is 0.0435. The molecule has 2 aliphatic rings. The Kier molecular flexibility index (Phi) is 5.75. The highest BCUT2D eigenvalue weighted by Crippen LogP contribution is 2.48. The molecule has 3 heterocycles. The van der Waals surface area contributed by atoms with Gasteiger partial charge in [0.25, 0.3) is 0 Å². The molecule has 0 unspecified atom stereocenters. The van der Waals surface area contributed by atoms with Crippen molar-refractivity contribution in [2.75, 3.05) is 18.0 Å². The van der Waals surface area contributed by atoms with Gasteiger partial charge in [-0.1, -0.05) is 0 Å². The Hall–Kier alpha value is -3.80. The van der Waals surface area contributed by atoms with Crippen molar-refractivity contribution in [3.8, 4) is 23.1 Å².